The van der Waals surface area contributed by atoms with Crippen molar-refractivity contribution in [3.63, 3.8) is 0 Å². The van der Waals surface area contributed by atoms with Gasteiger partial charge >= 0.3 is 12.0 Å². The largest absolute Gasteiger partial charge is 0.330 e. The summed E-state index contributed by atoms with van der Waals surface area (Å²) in [5.74, 6) is 0.904. The standard InChI is InChI=1S/C14H16N4O2/c1-3-12-15-13(20-17-12)16-14(19)18-8-9(2)10-6-4-5-7-11(10)18/h4-7,9H,3,8H2,1-2H3,(H,15,16,17,19). The van der Waals surface area contributed by atoms with E-state index >= 15 is 0 Å². The number of para-hydroxylation sites is 1. The summed E-state index contributed by atoms with van der Waals surface area (Å²) in [7, 11) is 0. The molecular weight excluding hydrogens is 256 g/mol. The van der Waals surface area contributed by atoms with Crippen LogP contribution in [-0.4, -0.2) is 22.7 Å². The van der Waals surface area contributed by atoms with E-state index in [1.807, 2.05) is 25.1 Å². The number of carbonyl (C=O) groups excluding carboxylic acids is 1. The van der Waals surface area contributed by atoms with E-state index in [0.717, 1.165) is 5.69 Å². The molecule has 2 aromatic rings. The van der Waals surface area contributed by atoms with Gasteiger partial charge in [0.25, 0.3) is 0 Å². The molecule has 0 radical (unpaired) electrons. The van der Waals surface area contributed by atoms with Gasteiger partial charge in [0.1, 0.15) is 0 Å². The zero-order chi connectivity index (χ0) is 14.1. The first-order chi connectivity index (χ1) is 9.69. The third kappa shape index (κ3) is 2.13. The molecule has 1 aromatic heterocycles. The maximum atomic E-state index is 12.3. The summed E-state index contributed by atoms with van der Waals surface area (Å²) in [6.45, 7) is 4.68. The molecular formula is C14H16N4O2. The first-order valence-electron chi connectivity index (χ1n) is 6.69. The summed E-state index contributed by atoms with van der Waals surface area (Å²) in [5, 5.41) is 6.40. The van der Waals surface area contributed by atoms with Crippen molar-refractivity contribution in [2.75, 3.05) is 16.8 Å². The molecule has 2 amide bonds. The Labute approximate surface area is 116 Å². The Morgan fingerprint density at radius 1 is 1.50 bits per heavy atom. The van der Waals surface area contributed by atoms with Crippen molar-refractivity contribution in [2.24, 2.45) is 0 Å². The monoisotopic (exact) mass is 272 g/mol. The highest BCUT2D eigenvalue weighted by Gasteiger charge is 2.30. The molecule has 0 saturated carbocycles. The highest BCUT2D eigenvalue weighted by Crippen LogP contribution is 2.35. The van der Waals surface area contributed by atoms with E-state index in [9.17, 15) is 4.79 Å². The van der Waals surface area contributed by atoms with Crippen LogP contribution in [0.1, 0.15) is 31.2 Å². The third-order valence-electron chi connectivity index (χ3n) is 3.46. The van der Waals surface area contributed by atoms with Gasteiger partial charge in [-0.2, -0.15) is 4.98 Å². The average molecular weight is 272 g/mol. The molecule has 0 aliphatic carbocycles. The maximum absolute atomic E-state index is 12.3. The van der Waals surface area contributed by atoms with E-state index in [0.29, 0.717) is 24.7 Å². The topological polar surface area (TPSA) is 71.3 Å². The molecule has 0 saturated heterocycles. The number of urea groups is 1. The Hall–Kier alpha value is -2.37. The van der Waals surface area contributed by atoms with E-state index < -0.39 is 0 Å². The number of aromatic nitrogens is 2. The van der Waals surface area contributed by atoms with Gasteiger partial charge in [-0.15, -0.1) is 0 Å². The fraction of sp³-hybridized carbons (Fsp3) is 0.357. The number of hydrogen-bond acceptors (Lipinski definition) is 4. The first-order valence-corrected chi connectivity index (χ1v) is 6.69. The van der Waals surface area contributed by atoms with Gasteiger partial charge in [0.05, 0.1) is 0 Å². The molecule has 1 unspecified atom stereocenters. The maximum Gasteiger partial charge on any atom is 0.330 e. The lowest BCUT2D eigenvalue weighted by molar-refractivity contribution is 0.256. The van der Waals surface area contributed by atoms with E-state index in [1.54, 1.807) is 4.90 Å². The molecule has 104 valence electrons. The molecule has 0 spiro atoms. The molecule has 1 atom stereocenters. The number of nitrogens with one attached hydrogen (secondary N) is 1. The fourth-order valence-electron chi connectivity index (χ4n) is 2.42. The van der Waals surface area contributed by atoms with E-state index in [2.05, 4.69) is 28.4 Å². The lowest BCUT2D eigenvalue weighted by Crippen LogP contribution is -2.33. The Balaban J connectivity index is 1.78. The Morgan fingerprint density at radius 3 is 3.05 bits per heavy atom. The minimum absolute atomic E-state index is 0.142. The minimum atomic E-state index is -0.242. The molecule has 2 heterocycles. The molecule has 0 bridgehead atoms. The van der Waals surface area contributed by atoms with Crippen molar-refractivity contribution in [1.82, 2.24) is 10.1 Å². The highest BCUT2D eigenvalue weighted by atomic mass is 16.5. The van der Waals surface area contributed by atoms with Gasteiger partial charge in [-0.1, -0.05) is 37.2 Å². The molecule has 6 heteroatoms. The van der Waals surface area contributed by atoms with Crippen molar-refractivity contribution < 1.29 is 9.32 Å². The van der Waals surface area contributed by atoms with E-state index in [-0.39, 0.29) is 12.0 Å². The Morgan fingerprint density at radius 2 is 2.30 bits per heavy atom. The summed E-state index contributed by atoms with van der Waals surface area (Å²) in [6.07, 6.45) is 0.670. The van der Waals surface area contributed by atoms with Crippen LogP contribution in [0.25, 0.3) is 0 Å². The predicted molar refractivity (Wildman–Crippen MR) is 74.9 cm³/mol. The van der Waals surface area contributed by atoms with Gasteiger partial charge < -0.3 is 4.52 Å². The number of rotatable bonds is 2. The second-order valence-corrected chi connectivity index (χ2v) is 4.87. The van der Waals surface area contributed by atoms with Crippen molar-refractivity contribution in [3.05, 3.63) is 35.7 Å². The molecule has 6 nitrogen and oxygen atoms in total. The second kappa shape index (κ2) is 4.96. The van der Waals surface area contributed by atoms with Crippen LogP contribution >= 0.6 is 0 Å². The van der Waals surface area contributed by atoms with Crippen LogP contribution in [-0.2, 0) is 6.42 Å². The van der Waals surface area contributed by atoms with Gasteiger partial charge in [-0.3, -0.25) is 10.2 Å². The van der Waals surface area contributed by atoms with Gasteiger partial charge in [0, 0.05) is 24.6 Å². The number of nitrogens with zero attached hydrogens (tertiary/aromatic N) is 3. The second-order valence-electron chi connectivity index (χ2n) is 4.87. The van der Waals surface area contributed by atoms with Crippen LogP contribution in [0.15, 0.2) is 28.8 Å². The van der Waals surface area contributed by atoms with Gasteiger partial charge in [-0.25, -0.2) is 4.79 Å². The number of hydrogen-bond donors (Lipinski definition) is 1. The van der Waals surface area contributed by atoms with Crippen LogP contribution in [0, 0.1) is 0 Å². The smallest absolute Gasteiger partial charge is 0.315 e. The summed E-state index contributed by atoms with van der Waals surface area (Å²) in [4.78, 5) is 18.1. The summed E-state index contributed by atoms with van der Waals surface area (Å²) >= 11 is 0. The Kier molecular flexibility index (Phi) is 3.14. The minimum Gasteiger partial charge on any atom is -0.315 e. The number of aryl methyl sites for hydroxylation is 1. The first kappa shape index (κ1) is 12.7. The summed E-state index contributed by atoms with van der Waals surface area (Å²) in [5.41, 5.74) is 2.12. The normalized spacial score (nSPS) is 17.1. The van der Waals surface area contributed by atoms with Gasteiger partial charge in [0.15, 0.2) is 5.82 Å². The van der Waals surface area contributed by atoms with Crippen molar-refractivity contribution >= 4 is 17.7 Å². The lowest BCUT2D eigenvalue weighted by atomic mass is 10.0. The van der Waals surface area contributed by atoms with Crippen LogP contribution < -0.4 is 10.2 Å². The molecule has 20 heavy (non-hydrogen) atoms. The number of carbonyl (C=O) groups is 1. The zero-order valence-corrected chi connectivity index (χ0v) is 11.5. The molecule has 1 aromatic carbocycles. The molecule has 0 fully saturated rings. The summed E-state index contributed by atoms with van der Waals surface area (Å²) < 4.78 is 4.98. The summed E-state index contributed by atoms with van der Waals surface area (Å²) in [6, 6.07) is 7.82. The molecule has 3 rings (SSSR count). The van der Waals surface area contributed by atoms with Crippen molar-refractivity contribution in [2.45, 2.75) is 26.2 Å². The van der Waals surface area contributed by atoms with E-state index in [1.165, 1.54) is 5.56 Å². The Bertz CT molecular complexity index is 638. The van der Waals surface area contributed by atoms with Crippen LogP contribution in [0.2, 0.25) is 0 Å². The van der Waals surface area contributed by atoms with Crippen molar-refractivity contribution in [3.8, 4) is 0 Å². The van der Waals surface area contributed by atoms with E-state index in [4.69, 9.17) is 4.52 Å². The number of fused-ring (bicyclic) bond motifs is 1. The van der Waals surface area contributed by atoms with Crippen molar-refractivity contribution in [1.29, 1.82) is 0 Å². The highest BCUT2D eigenvalue weighted by molar-refractivity contribution is 6.02. The average Bonchev–Trinajstić information content (AvgIpc) is 3.04. The lowest BCUT2D eigenvalue weighted by Gasteiger charge is -2.16. The van der Waals surface area contributed by atoms with Gasteiger partial charge in [-0.05, 0) is 11.6 Å². The third-order valence-corrected chi connectivity index (χ3v) is 3.46. The number of benzene rings is 1. The molecule has 1 aliphatic heterocycles. The molecule has 1 aliphatic rings. The fourth-order valence-corrected chi connectivity index (χ4v) is 2.42. The van der Waals surface area contributed by atoms with Gasteiger partial charge in [0.2, 0.25) is 0 Å². The number of amides is 2. The molecule has 1 N–H and O–H groups in total. The SMILES string of the molecule is CCc1noc(NC(=O)N2CC(C)c3ccccc32)n1. The predicted octanol–water partition coefficient (Wildman–Crippen LogP) is 2.79. The number of anilines is 2. The van der Waals surface area contributed by atoms with Crippen LogP contribution in [0.4, 0.5) is 16.5 Å². The van der Waals surface area contributed by atoms with Crippen LogP contribution in [0.5, 0.6) is 0 Å². The quantitative estimate of drug-likeness (QED) is 0.912. The zero-order valence-electron chi connectivity index (χ0n) is 11.5. The van der Waals surface area contributed by atoms with Crippen LogP contribution in [0.3, 0.4) is 0 Å².